The monoisotopic (exact) mass is 709 g/mol. The molecule has 1 unspecified atom stereocenters. The summed E-state index contributed by atoms with van der Waals surface area (Å²) in [4.78, 5) is 36.0. The fourth-order valence-electron chi connectivity index (χ4n) is 11.1. The molecule has 0 radical (unpaired) electrons. The third-order valence-corrected chi connectivity index (χ3v) is 14.0. The second kappa shape index (κ2) is 14.0. The fourth-order valence-corrected chi connectivity index (χ4v) is 11.1. The van der Waals surface area contributed by atoms with Crippen LogP contribution in [0.3, 0.4) is 0 Å². The summed E-state index contributed by atoms with van der Waals surface area (Å²) in [6.45, 7) is 14.3. The number of ether oxygens (including phenoxy) is 1. The van der Waals surface area contributed by atoms with E-state index < -0.39 is 89.1 Å². The number of carbonyl (C=O) groups excluding carboxylic acids is 2. The highest BCUT2D eigenvalue weighted by Crippen LogP contribution is 2.72. The third-order valence-electron chi connectivity index (χ3n) is 14.0. The number of esters is 1. The Morgan fingerprint density at radius 2 is 1.62 bits per heavy atom. The van der Waals surface area contributed by atoms with Gasteiger partial charge in [-0.3, -0.25) is 14.4 Å². The van der Waals surface area contributed by atoms with Crippen LogP contribution in [0.25, 0.3) is 0 Å². The largest absolute Gasteiger partial charge is 0.480 e. The molecule has 4 rings (SSSR count). The molecule has 0 heterocycles. The van der Waals surface area contributed by atoms with Crippen molar-refractivity contribution < 1.29 is 54.9 Å². The SMILES string of the molecule is CC(O)(CC(=O)NCC(=O)O)CC(=O)O[C@H]1[C@H](O)C[C@]2(C)C3=C(CC[C@H]2C1(C)C)[C@]1(C)CC[C@H]([C@H](CO)CC[C@@H](O)C(C)(C)O)[C@@]1(C)[C@@H](O)C3. The van der Waals surface area contributed by atoms with E-state index in [1.165, 1.54) is 18.1 Å². The number of carboxylic acids is 1. The van der Waals surface area contributed by atoms with Gasteiger partial charge in [0.15, 0.2) is 0 Å². The first-order valence-electron chi connectivity index (χ1n) is 18.4. The molecule has 0 aliphatic heterocycles. The average molecular weight is 710 g/mol. The Bertz CT molecular complexity index is 1340. The first kappa shape index (κ1) is 40.7. The molecule has 0 saturated heterocycles. The summed E-state index contributed by atoms with van der Waals surface area (Å²) in [5.74, 6) is -2.84. The zero-order valence-corrected chi connectivity index (χ0v) is 31.3. The number of hydrogen-bond acceptors (Lipinski definition) is 10. The standard InChI is InChI=1S/C38H63NO11/c1-33(2)26-11-10-23-24(15-28(43)38(8)22(13-14-37(23,38)7)21(20-40)9-12-27(42)34(3,4)48)36(26,6)16-25(41)32(33)50-31(47)18-35(5,49)17-29(44)39-19-30(45)46/h21-22,25-28,32,40-43,48-49H,9-20H2,1-8H3,(H,39,44)(H,45,46)/t21-,22+,25+,26-,27+,28-,32-,35?,36+,37-,38-/m0/s1. The first-order valence-corrected chi connectivity index (χ1v) is 18.4. The van der Waals surface area contributed by atoms with Gasteiger partial charge in [-0.25, -0.2) is 0 Å². The zero-order valence-electron chi connectivity index (χ0n) is 31.3. The van der Waals surface area contributed by atoms with Crippen molar-refractivity contribution in [2.45, 2.75) is 155 Å². The van der Waals surface area contributed by atoms with Gasteiger partial charge in [0.2, 0.25) is 5.91 Å². The van der Waals surface area contributed by atoms with Gasteiger partial charge >= 0.3 is 11.9 Å². The van der Waals surface area contributed by atoms with Gasteiger partial charge in [-0.2, -0.15) is 0 Å². The van der Waals surface area contributed by atoms with Gasteiger partial charge in [0.05, 0.1) is 42.4 Å². The van der Waals surface area contributed by atoms with Crippen molar-refractivity contribution in [3.63, 3.8) is 0 Å². The molecule has 0 bridgehead atoms. The Balaban J connectivity index is 1.55. The number of amides is 1. The number of carbonyl (C=O) groups is 3. The summed E-state index contributed by atoms with van der Waals surface area (Å²) in [6.07, 6.45) is 0.358. The summed E-state index contributed by atoms with van der Waals surface area (Å²) < 4.78 is 5.91. The molecular formula is C38H63NO11. The third kappa shape index (κ3) is 7.26. The van der Waals surface area contributed by atoms with Gasteiger partial charge in [0.25, 0.3) is 0 Å². The molecule has 0 spiro atoms. The lowest BCUT2D eigenvalue weighted by molar-refractivity contribution is -0.198. The van der Waals surface area contributed by atoms with Gasteiger partial charge < -0.3 is 45.8 Å². The normalized spacial score (nSPS) is 37.4. The molecule has 0 aromatic heterocycles. The Labute approximate surface area is 296 Å². The van der Waals surface area contributed by atoms with Crippen molar-refractivity contribution in [2.75, 3.05) is 13.2 Å². The number of fused-ring (bicyclic) bond motifs is 4. The predicted octanol–water partition coefficient (Wildman–Crippen LogP) is 2.84. The predicted molar refractivity (Wildman–Crippen MR) is 184 cm³/mol. The Kier molecular flexibility index (Phi) is 11.4. The maximum atomic E-state index is 13.2. The van der Waals surface area contributed by atoms with E-state index in [4.69, 9.17) is 9.84 Å². The molecule has 2 saturated carbocycles. The highest BCUT2D eigenvalue weighted by atomic mass is 16.6. The smallest absolute Gasteiger partial charge is 0.322 e. The number of allylic oxidation sites excluding steroid dienone is 1. The molecule has 8 N–H and O–H groups in total. The van der Waals surface area contributed by atoms with E-state index in [9.17, 15) is 45.0 Å². The second-order valence-electron chi connectivity index (χ2n) is 18.2. The molecule has 12 nitrogen and oxygen atoms in total. The van der Waals surface area contributed by atoms with E-state index in [2.05, 4.69) is 26.1 Å². The maximum Gasteiger partial charge on any atom is 0.322 e. The number of aliphatic carboxylic acids is 1. The molecule has 2 fully saturated rings. The number of rotatable bonds is 13. The van der Waals surface area contributed by atoms with Crippen LogP contribution in [0.2, 0.25) is 0 Å². The molecule has 286 valence electrons. The van der Waals surface area contributed by atoms with Crippen LogP contribution < -0.4 is 5.32 Å². The number of carboxylic acid groups (broad SMARTS) is 1. The second-order valence-corrected chi connectivity index (χ2v) is 18.2. The Morgan fingerprint density at radius 1 is 0.980 bits per heavy atom. The number of nitrogens with one attached hydrogen (secondary N) is 1. The van der Waals surface area contributed by atoms with Gasteiger partial charge in [0.1, 0.15) is 12.6 Å². The van der Waals surface area contributed by atoms with Crippen LogP contribution in [0.5, 0.6) is 0 Å². The first-order chi connectivity index (χ1) is 22.8. The van der Waals surface area contributed by atoms with Crippen molar-refractivity contribution in [1.82, 2.24) is 5.32 Å². The highest BCUT2D eigenvalue weighted by Gasteiger charge is 2.67. The van der Waals surface area contributed by atoms with Crippen molar-refractivity contribution >= 4 is 17.8 Å². The van der Waals surface area contributed by atoms with E-state index in [0.29, 0.717) is 25.7 Å². The molecule has 4 aliphatic carbocycles. The van der Waals surface area contributed by atoms with Crippen LogP contribution in [-0.2, 0) is 19.1 Å². The van der Waals surface area contributed by atoms with E-state index in [-0.39, 0.29) is 29.8 Å². The molecule has 12 heteroatoms. The average Bonchev–Trinajstić information content (AvgIpc) is 3.26. The summed E-state index contributed by atoms with van der Waals surface area (Å²) >= 11 is 0. The molecule has 4 aliphatic rings. The van der Waals surface area contributed by atoms with Gasteiger partial charge in [-0.15, -0.1) is 0 Å². The lowest BCUT2D eigenvalue weighted by Crippen LogP contribution is -2.62. The maximum absolute atomic E-state index is 13.2. The summed E-state index contributed by atoms with van der Waals surface area (Å²) in [7, 11) is 0. The van der Waals surface area contributed by atoms with Crippen molar-refractivity contribution in [1.29, 1.82) is 0 Å². The Hall–Kier alpha value is -2.09. The van der Waals surface area contributed by atoms with Crippen molar-refractivity contribution in [2.24, 2.45) is 39.4 Å². The quantitative estimate of drug-likeness (QED) is 0.103. The van der Waals surface area contributed by atoms with Crippen LogP contribution in [0.4, 0.5) is 0 Å². The lowest BCUT2D eigenvalue weighted by atomic mass is 9.42. The molecule has 1 amide bonds. The number of hydrogen-bond donors (Lipinski definition) is 8. The highest BCUT2D eigenvalue weighted by molar-refractivity contribution is 5.82. The molecule has 0 aromatic rings. The van der Waals surface area contributed by atoms with E-state index in [0.717, 1.165) is 25.7 Å². The van der Waals surface area contributed by atoms with Crippen LogP contribution >= 0.6 is 0 Å². The van der Waals surface area contributed by atoms with E-state index in [1.54, 1.807) is 13.8 Å². The topological polar surface area (TPSA) is 214 Å². The molecular weight excluding hydrogens is 646 g/mol. The van der Waals surface area contributed by atoms with Gasteiger partial charge in [-0.1, -0.05) is 45.8 Å². The molecule has 11 atom stereocenters. The zero-order chi connectivity index (χ0) is 37.8. The molecule has 0 aromatic carbocycles. The van der Waals surface area contributed by atoms with Gasteiger partial charge in [-0.05, 0) is 101 Å². The van der Waals surface area contributed by atoms with Crippen LogP contribution in [0.1, 0.15) is 120 Å². The minimum absolute atomic E-state index is 0.00290. The van der Waals surface area contributed by atoms with Crippen LogP contribution in [0, 0.1) is 39.4 Å². The van der Waals surface area contributed by atoms with Crippen molar-refractivity contribution in [3.8, 4) is 0 Å². The van der Waals surface area contributed by atoms with E-state index >= 15 is 0 Å². The number of aliphatic hydroxyl groups is 6. The summed E-state index contributed by atoms with van der Waals surface area (Å²) in [6, 6.07) is 0. The minimum Gasteiger partial charge on any atom is -0.480 e. The summed E-state index contributed by atoms with van der Waals surface area (Å²) in [5.41, 5.74) is -2.56. The number of aliphatic hydroxyl groups excluding tert-OH is 4. The van der Waals surface area contributed by atoms with E-state index in [1.807, 2.05) is 13.8 Å². The van der Waals surface area contributed by atoms with Crippen molar-refractivity contribution in [3.05, 3.63) is 11.1 Å². The van der Waals surface area contributed by atoms with Crippen LogP contribution in [-0.4, -0.2) is 102 Å². The minimum atomic E-state index is -1.79. The molecule has 50 heavy (non-hydrogen) atoms. The van der Waals surface area contributed by atoms with Crippen LogP contribution in [0.15, 0.2) is 11.1 Å². The fraction of sp³-hybridized carbons (Fsp3) is 0.868. The lowest BCUT2D eigenvalue weighted by Gasteiger charge is -2.64. The Morgan fingerprint density at radius 3 is 2.20 bits per heavy atom. The summed E-state index contributed by atoms with van der Waals surface area (Å²) in [5, 5.41) is 76.9. The van der Waals surface area contributed by atoms with Gasteiger partial charge in [0, 0.05) is 17.4 Å².